The van der Waals surface area contributed by atoms with Gasteiger partial charge in [0.15, 0.2) is 5.57 Å². The highest BCUT2D eigenvalue weighted by Gasteiger charge is 2.11. The van der Waals surface area contributed by atoms with Gasteiger partial charge in [-0.05, 0) is 35.3 Å². The smallest absolute Gasteiger partial charge is 0.267 e. The minimum Gasteiger partial charge on any atom is -0.267 e. The second kappa shape index (κ2) is 7.86. The van der Waals surface area contributed by atoms with Crippen molar-refractivity contribution in [3.05, 3.63) is 85.3 Å². The Labute approximate surface area is 161 Å². The van der Waals surface area contributed by atoms with Gasteiger partial charge >= 0.3 is 0 Å². The SMILES string of the molecule is CC(C)c1ccc(-n2c(=C(C#N)C#N)s/c(=C/c3ccccc3)c2=O)cc1. The summed E-state index contributed by atoms with van der Waals surface area (Å²) < 4.78 is 2.28. The quantitative estimate of drug-likeness (QED) is 0.710. The number of aromatic nitrogens is 1. The molecular formula is C22H17N3OS. The second-order valence-corrected chi connectivity index (χ2v) is 7.34. The standard InChI is InChI=1S/C22H17N3OS/c1-15(2)17-8-10-19(11-9-17)25-21(26)20(12-16-6-4-3-5-7-16)27-22(25)18(13-23)14-24/h3-12,15H,1-2H3/b20-12+. The van der Waals surface area contributed by atoms with Gasteiger partial charge in [0.25, 0.3) is 5.56 Å². The topological polar surface area (TPSA) is 69.6 Å². The summed E-state index contributed by atoms with van der Waals surface area (Å²) in [5.41, 5.74) is 2.38. The third-order valence-corrected chi connectivity index (χ3v) is 5.27. The van der Waals surface area contributed by atoms with Crippen molar-refractivity contribution in [1.29, 1.82) is 10.5 Å². The Hall–Kier alpha value is -3.41. The van der Waals surface area contributed by atoms with Crippen molar-refractivity contribution in [2.24, 2.45) is 0 Å². The van der Waals surface area contributed by atoms with Crippen LogP contribution in [0.1, 0.15) is 30.9 Å². The van der Waals surface area contributed by atoms with Crippen molar-refractivity contribution < 1.29 is 0 Å². The molecule has 132 valence electrons. The summed E-state index contributed by atoms with van der Waals surface area (Å²) in [7, 11) is 0. The summed E-state index contributed by atoms with van der Waals surface area (Å²) in [4.78, 5) is 13.1. The fraction of sp³-hybridized carbons (Fsp3) is 0.136. The average Bonchev–Trinajstić information content (AvgIpc) is 3.00. The Kier molecular flexibility index (Phi) is 5.35. The molecule has 0 spiro atoms. The second-order valence-electron chi connectivity index (χ2n) is 6.31. The van der Waals surface area contributed by atoms with Crippen LogP contribution < -0.4 is 14.8 Å². The van der Waals surface area contributed by atoms with Gasteiger partial charge in [-0.1, -0.05) is 56.3 Å². The van der Waals surface area contributed by atoms with Crippen LogP contribution in [-0.2, 0) is 0 Å². The van der Waals surface area contributed by atoms with Crippen LogP contribution >= 0.6 is 11.3 Å². The summed E-state index contributed by atoms with van der Waals surface area (Å²) in [6, 6.07) is 20.9. The Morgan fingerprint density at radius 3 is 2.22 bits per heavy atom. The zero-order valence-electron chi connectivity index (χ0n) is 15.0. The molecule has 0 aliphatic heterocycles. The van der Waals surface area contributed by atoms with Gasteiger partial charge in [0.1, 0.15) is 16.8 Å². The highest BCUT2D eigenvalue weighted by Crippen LogP contribution is 2.15. The molecule has 0 unspecified atom stereocenters. The van der Waals surface area contributed by atoms with Gasteiger partial charge in [-0.3, -0.25) is 9.36 Å². The van der Waals surface area contributed by atoms with Crippen LogP contribution in [0.25, 0.3) is 17.3 Å². The molecule has 0 radical (unpaired) electrons. The minimum absolute atomic E-state index is 0.0715. The van der Waals surface area contributed by atoms with Crippen molar-refractivity contribution in [3.8, 4) is 17.8 Å². The third kappa shape index (κ3) is 3.74. The minimum atomic E-state index is -0.237. The normalized spacial score (nSPS) is 11.2. The fourth-order valence-corrected chi connectivity index (χ4v) is 3.77. The van der Waals surface area contributed by atoms with E-state index in [1.165, 1.54) is 4.57 Å². The number of benzene rings is 2. The maximum absolute atomic E-state index is 13.1. The van der Waals surface area contributed by atoms with Crippen molar-refractivity contribution in [3.63, 3.8) is 0 Å². The summed E-state index contributed by atoms with van der Waals surface area (Å²) in [6.07, 6.45) is 1.78. The van der Waals surface area contributed by atoms with E-state index in [9.17, 15) is 15.3 Å². The number of nitrogens with zero attached hydrogens (tertiary/aromatic N) is 3. The largest absolute Gasteiger partial charge is 0.273 e. The van der Waals surface area contributed by atoms with Crippen LogP contribution in [0.4, 0.5) is 0 Å². The average molecular weight is 371 g/mol. The molecule has 2 aromatic carbocycles. The van der Waals surface area contributed by atoms with E-state index in [4.69, 9.17) is 0 Å². The highest BCUT2D eigenvalue weighted by molar-refractivity contribution is 7.07. The molecule has 0 atom stereocenters. The van der Waals surface area contributed by atoms with E-state index < -0.39 is 0 Å². The van der Waals surface area contributed by atoms with Gasteiger partial charge in [0, 0.05) is 0 Å². The molecule has 27 heavy (non-hydrogen) atoms. The molecule has 1 heterocycles. The molecular weight excluding hydrogens is 354 g/mol. The summed E-state index contributed by atoms with van der Waals surface area (Å²) >= 11 is 1.16. The van der Waals surface area contributed by atoms with Crippen molar-refractivity contribution >= 4 is 23.0 Å². The molecule has 4 nitrogen and oxygen atoms in total. The van der Waals surface area contributed by atoms with Crippen LogP contribution in [0.5, 0.6) is 0 Å². The molecule has 1 aromatic heterocycles. The highest BCUT2D eigenvalue weighted by atomic mass is 32.1. The lowest BCUT2D eigenvalue weighted by molar-refractivity contribution is 0.864. The molecule has 3 rings (SSSR count). The monoisotopic (exact) mass is 371 g/mol. The molecule has 5 heteroatoms. The molecule has 0 saturated heterocycles. The van der Waals surface area contributed by atoms with Gasteiger partial charge < -0.3 is 0 Å². The lowest BCUT2D eigenvalue weighted by atomic mass is 10.0. The zero-order chi connectivity index (χ0) is 19.4. The molecule has 0 bridgehead atoms. The van der Waals surface area contributed by atoms with Crippen molar-refractivity contribution in [2.75, 3.05) is 0 Å². The van der Waals surface area contributed by atoms with E-state index in [-0.39, 0.29) is 11.1 Å². The lowest BCUT2D eigenvalue weighted by Gasteiger charge is -2.07. The molecule has 3 aromatic rings. The third-order valence-electron chi connectivity index (χ3n) is 4.18. The predicted molar refractivity (Wildman–Crippen MR) is 108 cm³/mol. The first-order valence-corrected chi connectivity index (χ1v) is 9.30. The molecule has 0 saturated carbocycles. The van der Waals surface area contributed by atoms with Gasteiger partial charge in [0.2, 0.25) is 0 Å². The van der Waals surface area contributed by atoms with Crippen molar-refractivity contribution in [1.82, 2.24) is 4.57 Å². The first kappa shape index (κ1) is 18.4. The van der Waals surface area contributed by atoms with Gasteiger partial charge in [0.05, 0.1) is 10.2 Å². The van der Waals surface area contributed by atoms with Crippen LogP contribution in [0, 0.1) is 22.7 Å². The zero-order valence-corrected chi connectivity index (χ0v) is 15.8. The molecule has 0 N–H and O–H groups in total. The molecule has 0 aliphatic carbocycles. The summed E-state index contributed by atoms with van der Waals surface area (Å²) in [6.45, 7) is 4.20. The van der Waals surface area contributed by atoms with Crippen LogP contribution in [0.15, 0.2) is 59.4 Å². The maximum atomic E-state index is 13.1. The number of nitriles is 2. The van der Waals surface area contributed by atoms with Gasteiger partial charge in [-0.2, -0.15) is 10.5 Å². The first-order valence-electron chi connectivity index (χ1n) is 8.48. The van der Waals surface area contributed by atoms with E-state index in [0.29, 0.717) is 20.8 Å². The molecule has 0 fully saturated rings. The van der Waals surface area contributed by atoms with Gasteiger partial charge in [-0.25, -0.2) is 0 Å². The van der Waals surface area contributed by atoms with E-state index in [2.05, 4.69) is 13.8 Å². The van der Waals surface area contributed by atoms with Crippen LogP contribution in [0.3, 0.4) is 0 Å². The van der Waals surface area contributed by atoms with E-state index >= 15 is 0 Å². The van der Waals surface area contributed by atoms with E-state index in [0.717, 1.165) is 22.5 Å². The van der Waals surface area contributed by atoms with E-state index in [1.807, 2.05) is 66.7 Å². The predicted octanol–water partition coefficient (Wildman–Crippen LogP) is 3.05. The molecule has 0 aliphatic rings. The summed E-state index contributed by atoms with van der Waals surface area (Å²) in [5.74, 6) is 0.375. The van der Waals surface area contributed by atoms with Crippen LogP contribution in [0.2, 0.25) is 0 Å². The summed E-state index contributed by atoms with van der Waals surface area (Å²) in [5, 5.41) is 18.7. The Bertz CT molecular complexity index is 1200. The fourth-order valence-electron chi connectivity index (χ4n) is 2.71. The van der Waals surface area contributed by atoms with Gasteiger partial charge in [-0.15, -0.1) is 11.3 Å². The Morgan fingerprint density at radius 1 is 1.04 bits per heavy atom. The number of hydrogen-bond donors (Lipinski definition) is 0. The number of hydrogen-bond acceptors (Lipinski definition) is 4. The number of thiazole rings is 1. The Balaban J connectivity index is 2.32. The number of rotatable bonds is 3. The molecule has 0 amide bonds. The first-order chi connectivity index (χ1) is 13.0. The van der Waals surface area contributed by atoms with Crippen molar-refractivity contribution in [2.45, 2.75) is 19.8 Å². The van der Waals surface area contributed by atoms with Crippen LogP contribution in [-0.4, -0.2) is 4.57 Å². The lowest BCUT2D eigenvalue weighted by Crippen LogP contribution is -2.30. The Morgan fingerprint density at radius 2 is 1.67 bits per heavy atom. The maximum Gasteiger partial charge on any atom is 0.273 e. The van der Waals surface area contributed by atoms with E-state index in [1.54, 1.807) is 6.08 Å².